The number of amides is 1. The maximum atomic E-state index is 11.8. The highest BCUT2D eigenvalue weighted by Crippen LogP contribution is 2.22. The Bertz CT molecular complexity index is 593. The van der Waals surface area contributed by atoms with Crippen molar-refractivity contribution in [3.63, 3.8) is 0 Å². The van der Waals surface area contributed by atoms with E-state index in [9.17, 15) is 4.79 Å². The van der Waals surface area contributed by atoms with E-state index in [0.29, 0.717) is 13.0 Å². The standard InChI is InChI=1S/C19H28N4O2/c1-19(2,3)25-18(24)22-16-9-13-23(14-10-16)17-7-5-15(6-8-17)21-12-4-11-20/h5-8,16,21H,4,9-10,12-14H2,1-3H3,(H,22,24). The summed E-state index contributed by atoms with van der Waals surface area (Å²) in [4.78, 5) is 14.2. The van der Waals surface area contributed by atoms with Crippen molar-refractivity contribution in [3.05, 3.63) is 24.3 Å². The second-order valence-electron chi connectivity index (χ2n) is 7.29. The van der Waals surface area contributed by atoms with Gasteiger partial charge in [0, 0.05) is 37.1 Å². The third-order valence-corrected chi connectivity index (χ3v) is 4.01. The lowest BCUT2D eigenvalue weighted by atomic mass is 10.0. The number of carbonyl (C=O) groups excluding carboxylic acids is 1. The lowest BCUT2D eigenvalue weighted by molar-refractivity contribution is 0.0497. The summed E-state index contributed by atoms with van der Waals surface area (Å²) in [5, 5.41) is 14.7. The second-order valence-corrected chi connectivity index (χ2v) is 7.29. The molecule has 6 nitrogen and oxygen atoms in total. The van der Waals surface area contributed by atoms with E-state index < -0.39 is 5.60 Å². The van der Waals surface area contributed by atoms with E-state index in [1.807, 2.05) is 32.9 Å². The van der Waals surface area contributed by atoms with Crippen molar-refractivity contribution in [3.8, 4) is 6.07 Å². The van der Waals surface area contributed by atoms with Gasteiger partial charge in [-0.2, -0.15) is 5.26 Å². The van der Waals surface area contributed by atoms with E-state index in [4.69, 9.17) is 10.00 Å². The van der Waals surface area contributed by atoms with Crippen molar-refractivity contribution in [1.82, 2.24) is 5.32 Å². The first-order valence-corrected chi connectivity index (χ1v) is 8.83. The summed E-state index contributed by atoms with van der Waals surface area (Å²) in [5.41, 5.74) is 1.75. The van der Waals surface area contributed by atoms with Gasteiger partial charge in [-0.15, -0.1) is 0 Å². The van der Waals surface area contributed by atoms with E-state index in [1.165, 1.54) is 5.69 Å². The minimum absolute atomic E-state index is 0.165. The van der Waals surface area contributed by atoms with E-state index in [1.54, 1.807) is 0 Å². The maximum Gasteiger partial charge on any atom is 0.407 e. The summed E-state index contributed by atoms with van der Waals surface area (Å²) in [5.74, 6) is 0. The molecule has 1 aliphatic rings. The molecule has 2 N–H and O–H groups in total. The molecule has 1 fully saturated rings. The molecular formula is C19H28N4O2. The van der Waals surface area contributed by atoms with Gasteiger partial charge in [0.2, 0.25) is 0 Å². The van der Waals surface area contributed by atoms with E-state index >= 15 is 0 Å². The van der Waals surface area contributed by atoms with Crippen LogP contribution < -0.4 is 15.5 Å². The van der Waals surface area contributed by atoms with Crippen LogP contribution in [-0.2, 0) is 4.74 Å². The number of alkyl carbamates (subject to hydrolysis) is 1. The van der Waals surface area contributed by atoms with Gasteiger partial charge in [-0.3, -0.25) is 0 Å². The van der Waals surface area contributed by atoms with E-state index in [-0.39, 0.29) is 12.1 Å². The molecule has 25 heavy (non-hydrogen) atoms. The van der Waals surface area contributed by atoms with Crippen molar-refractivity contribution < 1.29 is 9.53 Å². The molecule has 0 aliphatic carbocycles. The lowest BCUT2D eigenvalue weighted by Crippen LogP contribution is -2.46. The van der Waals surface area contributed by atoms with Crippen LogP contribution >= 0.6 is 0 Å². The number of nitrogens with one attached hydrogen (secondary N) is 2. The third-order valence-electron chi connectivity index (χ3n) is 4.01. The minimum Gasteiger partial charge on any atom is -0.444 e. The maximum absolute atomic E-state index is 11.8. The van der Waals surface area contributed by atoms with Crippen molar-refractivity contribution in [2.24, 2.45) is 0 Å². The number of rotatable bonds is 5. The molecule has 136 valence electrons. The van der Waals surface area contributed by atoms with Gasteiger partial charge >= 0.3 is 6.09 Å². The summed E-state index contributed by atoms with van der Waals surface area (Å²) in [6.07, 6.45) is 1.97. The summed E-state index contributed by atoms with van der Waals surface area (Å²) in [7, 11) is 0. The molecule has 0 spiro atoms. The number of ether oxygens (including phenoxy) is 1. The molecule has 0 saturated carbocycles. The lowest BCUT2D eigenvalue weighted by Gasteiger charge is -2.34. The van der Waals surface area contributed by atoms with Crippen LogP contribution in [0, 0.1) is 11.3 Å². The molecular weight excluding hydrogens is 316 g/mol. The Balaban J connectivity index is 1.78. The van der Waals surface area contributed by atoms with Gasteiger partial charge in [0.1, 0.15) is 5.60 Å². The smallest absolute Gasteiger partial charge is 0.407 e. The molecule has 0 radical (unpaired) electrons. The van der Waals surface area contributed by atoms with Crippen molar-refractivity contribution in [1.29, 1.82) is 5.26 Å². The Kier molecular flexibility index (Phi) is 6.51. The van der Waals surface area contributed by atoms with Gasteiger partial charge in [-0.05, 0) is 57.9 Å². The molecule has 1 aliphatic heterocycles. The monoisotopic (exact) mass is 344 g/mol. The van der Waals surface area contributed by atoms with Gasteiger partial charge in [-0.1, -0.05) is 0 Å². The topological polar surface area (TPSA) is 77.4 Å². The number of hydrogen-bond acceptors (Lipinski definition) is 5. The fourth-order valence-corrected chi connectivity index (χ4v) is 2.81. The number of nitrogens with zero attached hydrogens (tertiary/aromatic N) is 2. The molecule has 6 heteroatoms. The van der Waals surface area contributed by atoms with Crippen molar-refractivity contribution in [2.75, 3.05) is 29.9 Å². The van der Waals surface area contributed by atoms with Crippen LogP contribution in [0.25, 0.3) is 0 Å². The Morgan fingerprint density at radius 1 is 1.28 bits per heavy atom. The first kappa shape index (κ1) is 18.9. The first-order valence-electron chi connectivity index (χ1n) is 8.83. The molecule has 1 aromatic carbocycles. The van der Waals surface area contributed by atoms with Gasteiger partial charge in [0.25, 0.3) is 0 Å². The molecule has 0 bridgehead atoms. The fraction of sp³-hybridized carbons (Fsp3) is 0.579. The number of hydrogen-bond donors (Lipinski definition) is 2. The zero-order chi connectivity index (χ0) is 18.3. The van der Waals surface area contributed by atoms with E-state index in [0.717, 1.165) is 31.6 Å². The Morgan fingerprint density at radius 3 is 2.48 bits per heavy atom. The molecule has 1 heterocycles. The average Bonchev–Trinajstić information content (AvgIpc) is 2.55. The van der Waals surface area contributed by atoms with Crippen molar-refractivity contribution >= 4 is 17.5 Å². The highest BCUT2D eigenvalue weighted by molar-refractivity contribution is 5.68. The van der Waals surface area contributed by atoms with Crippen LogP contribution in [0.1, 0.15) is 40.0 Å². The third kappa shape index (κ3) is 6.54. The quantitative estimate of drug-likeness (QED) is 0.799. The van der Waals surface area contributed by atoms with Crippen LogP contribution in [0.5, 0.6) is 0 Å². The summed E-state index contributed by atoms with van der Waals surface area (Å²) in [6.45, 7) is 8.08. The zero-order valence-electron chi connectivity index (χ0n) is 15.3. The minimum atomic E-state index is -0.464. The molecule has 1 amide bonds. The highest BCUT2D eigenvalue weighted by atomic mass is 16.6. The van der Waals surface area contributed by atoms with Crippen LogP contribution in [0.2, 0.25) is 0 Å². The Morgan fingerprint density at radius 2 is 1.92 bits per heavy atom. The number of benzene rings is 1. The average molecular weight is 344 g/mol. The predicted molar refractivity (Wildman–Crippen MR) is 99.8 cm³/mol. The van der Waals surface area contributed by atoms with Gasteiger partial charge in [0.05, 0.1) is 12.5 Å². The molecule has 1 saturated heterocycles. The van der Waals surface area contributed by atoms with Gasteiger partial charge in [0.15, 0.2) is 0 Å². The molecule has 0 atom stereocenters. The summed E-state index contributed by atoms with van der Waals surface area (Å²) in [6, 6.07) is 10.6. The highest BCUT2D eigenvalue weighted by Gasteiger charge is 2.23. The SMILES string of the molecule is CC(C)(C)OC(=O)NC1CCN(c2ccc(NCCC#N)cc2)CC1. The van der Waals surface area contributed by atoms with Gasteiger partial charge in [-0.25, -0.2) is 4.79 Å². The largest absolute Gasteiger partial charge is 0.444 e. The normalized spacial score (nSPS) is 15.4. The molecule has 2 rings (SSSR count). The summed E-state index contributed by atoms with van der Waals surface area (Å²) >= 11 is 0. The fourth-order valence-electron chi connectivity index (χ4n) is 2.81. The molecule has 1 aromatic rings. The predicted octanol–water partition coefficient (Wildman–Crippen LogP) is 3.51. The number of nitriles is 1. The van der Waals surface area contributed by atoms with Crippen LogP contribution in [-0.4, -0.2) is 37.4 Å². The second kappa shape index (κ2) is 8.61. The van der Waals surface area contributed by atoms with Crippen LogP contribution in [0.3, 0.4) is 0 Å². The Hall–Kier alpha value is -2.42. The first-order chi connectivity index (χ1) is 11.9. The van der Waals surface area contributed by atoms with Crippen LogP contribution in [0.15, 0.2) is 24.3 Å². The van der Waals surface area contributed by atoms with E-state index in [2.05, 4.69) is 33.7 Å². The number of piperidine rings is 1. The number of anilines is 2. The Labute approximate surface area is 150 Å². The molecule has 0 unspecified atom stereocenters. The zero-order valence-corrected chi connectivity index (χ0v) is 15.3. The number of carbonyl (C=O) groups is 1. The van der Waals surface area contributed by atoms with Crippen molar-refractivity contribution in [2.45, 2.75) is 51.7 Å². The van der Waals surface area contributed by atoms with Crippen LogP contribution in [0.4, 0.5) is 16.2 Å². The summed E-state index contributed by atoms with van der Waals surface area (Å²) < 4.78 is 5.31. The molecule has 0 aromatic heterocycles. The van der Waals surface area contributed by atoms with Gasteiger partial charge < -0.3 is 20.3 Å².